The van der Waals surface area contributed by atoms with E-state index in [9.17, 15) is 20.1 Å². The van der Waals surface area contributed by atoms with Gasteiger partial charge in [-0.05, 0) is 72.5 Å². The number of benzene rings is 3. The van der Waals surface area contributed by atoms with Gasteiger partial charge in [0.1, 0.15) is 30.2 Å². The molecule has 0 aromatic heterocycles. The first-order valence-corrected chi connectivity index (χ1v) is 13.8. The molecule has 1 heterocycles. The van der Waals surface area contributed by atoms with Gasteiger partial charge >= 0.3 is 0 Å². The number of rotatable bonds is 9. The molecule has 4 rings (SSSR count). The number of anilines is 1. The van der Waals surface area contributed by atoms with Crippen molar-refractivity contribution in [3.05, 3.63) is 88.4 Å². The van der Waals surface area contributed by atoms with Crippen LogP contribution < -0.4 is 10.1 Å². The van der Waals surface area contributed by atoms with Crippen molar-refractivity contribution in [2.24, 2.45) is 0 Å². The van der Waals surface area contributed by atoms with Crippen LogP contribution in [0.15, 0.2) is 71.6 Å². The van der Waals surface area contributed by atoms with Gasteiger partial charge < -0.3 is 30.1 Å². The molecule has 5 atom stereocenters. The van der Waals surface area contributed by atoms with Crippen LogP contribution in [0.5, 0.6) is 5.75 Å². The van der Waals surface area contributed by atoms with Crippen LogP contribution in [0.4, 0.5) is 5.69 Å². The zero-order valence-electron chi connectivity index (χ0n) is 21.2. The van der Waals surface area contributed by atoms with Crippen molar-refractivity contribution in [3.63, 3.8) is 0 Å². The van der Waals surface area contributed by atoms with Crippen LogP contribution in [0.3, 0.4) is 0 Å². The van der Waals surface area contributed by atoms with E-state index in [1.807, 2.05) is 49.4 Å². The molecule has 0 spiro atoms. The highest BCUT2D eigenvalue weighted by atomic mass is 35.5. The van der Waals surface area contributed by atoms with Gasteiger partial charge in [0.25, 0.3) is 0 Å². The van der Waals surface area contributed by atoms with Gasteiger partial charge in [-0.3, -0.25) is 4.79 Å². The molecule has 9 heteroatoms. The fourth-order valence-electron chi connectivity index (χ4n) is 4.38. The third kappa shape index (κ3) is 7.08. The normalized spacial score (nSPS) is 23.2. The summed E-state index contributed by atoms with van der Waals surface area (Å²) in [5, 5.41) is 35.3. The third-order valence-corrected chi connectivity index (χ3v) is 7.80. The lowest BCUT2D eigenvalue weighted by atomic mass is 9.90. The van der Waals surface area contributed by atoms with Crippen molar-refractivity contribution in [1.29, 1.82) is 0 Å². The lowest BCUT2D eigenvalue weighted by Gasteiger charge is -2.41. The number of hydrogen-bond donors (Lipinski definition) is 4. The van der Waals surface area contributed by atoms with Crippen LogP contribution in [0.25, 0.3) is 0 Å². The molecule has 0 aliphatic carbocycles. The molecule has 4 N–H and O–H groups in total. The van der Waals surface area contributed by atoms with E-state index in [-0.39, 0.29) is 5.91 Å². The van der Waals surface area contributed by atoms with E-state index in [2.05, 4.69) is 5.32 Å². The van der Waals surface area contributed by atoms with E-state index in [0.717, 1.165) is 21.8 Å². The monoisotopic (exact) mass is 557 g/mol. The number of amides is 1. The Morgan fingerprint density at radius 2 is 1.71 bits per heavy atom. The van der Waals surface area contributed by atoms with E-state index < -0.39 is 30.5 Å². The average molecular weight is 558 g/mol. The average Bonchev–Trinajstić information content (AvgIpc) is 2.90. The van der Waals surface area contributed by atoms with Gasteiger partial charge in [0.05, 0.1) is 12.7 Å². The smallest absolute Gasteiger partial charge is 0.221 e. The first-order valence-electron chi connectivity index (χ1n) is 12.4. The van der Waals surface area contributed by atoms with E-state index >= 15 is 0 Å². The molecule has 1 amide bonds. The molecule has 0 bridgehead atoms. The summed E-state index contributed by atoms with van der Waals surface area (Å²) >= 11 is 7.94. The van der Waals surface area contributed by atoms with Crippen LogP contribution in [0.2, 0.25) is 5.02 Å². The summed E-state index contributed by atoms with van der Waals surface area (Å²) in [4.78, 5) is 12.1. The molecule has 0 radical (unpaired) electrons. The fraction of sp³-hybridized carbons (Fsp3) is 0.345. The first kappa shape index (κ1) is 28.4. The highest BCUT2D eigenvalue weighted by Gasteiger charge is 2.44. The van der Waals surface area contributed by atoms with E-state index in [1.165, 1.54) is 18.7 Å². The third-order valence-electron chi connectivity index (χ3n) is 6.33. The van der Waals surface area contributed by atoms with Gasteiger partial charge in [-0.25, -0.2) is 0 Å². The van der Waals surface area contributed by atoms with Gasteiger partial charge in [0.2, 0.25) is 5.91 Å². The lowest BCUT2D eigenvalue weighted by Crippen LogP contribution is -2.54. The number of carbonyl (C=O) groups is 1. The van der Waals surface area contributed by atoms with Crippen molar-refractivity contribution in [2.75, 3.05) is 17.7 Å². The largest absolute Gasteiger partial charge is 0.494 e. The number of ether oxygens (including phenoxy) is 2. The van der Waals surface area contributed by atoms with Gasteiger partial charge in [-0.2, -0.15) is 0 Å². The van der Waals surface area contributed by atoms with E-state index in [4.69, 9.17) is 21.1 Å². The maximum absolute atomic E-state index is 11.2. The van der Waals surface area contributed by atoms with Gasteiger partial charge in [-0.1, -0.05) is 35.9 Å². The van der Waals surface area contributed by atoms with Crippen molar-refractivity contribution in [3.8, 4) is 5.75 Å². The first-order chi connectivity index (χ1) is 18.2. The number of carbonyl (C=O) groups excluding carboxylic acids is 1. The Kier molecular flexibility index (Phi) is 9.70. The topological polar surface area (TPSA) is 108 Å². The molecule has 202 valence electrons. The Morgan fingerprint density at radius 1 is 1.00 bits per heavy atom. The zero-order chi connectivity index (χ0) is 27.2. The van der Waals surface area contributed by atoms with Gasteiger partial charge in [-0.15, -0.1) is 11.8 Å². The Labute approximate surface area is 231 Å². The number of thioether (sulfide) groups is 1. The van der Waals surface area contributed by atoms with Crippen LogP contribution in [-0.4, -0.2) is 58.0 Å². The molecular weight excluding hydrogens is 526 g/mol. The summed E-state index contributed by atoms with van der Waals surface area (Å²) in [6.07, 6.45) is -4.90. The van der Waals surface area contributed by atoms with Crippen molar-refractivity contribution in [1.82, 2.24) is 0 Å². The molecule has 3 aromatic carbocycles. The standard InChI is InChI=1S/C29H32ClNO6S/c1-3-36-22-9-4-18(5-10-22)14-20-15-19(6-13-24(20)30)29-28(35)27(34)26(33)25(37-29)16-38-23-11-7-21(8-12-23)31-17(2)32/h4-13,15,25-29,33-35H,3,14,16H2,1-2H3,(H,31,32)/t25-,26-,27+,28-,29+/m1/s1. The number of hydrogen-bond acceptors (Lipinski definition) is 7. The van der Waals surface area contributed by atoms with Crippen LogP contribution in [-0.2, 0) is 16.0 Å². The highest BCUT2D eigenvalue weighted by molar-refractivity contribution is 7.99. The predicted molar refractivity (Wildman–Crippen MR) is 149 cm³/mol. The second-order valence-electron chi connectivity index (χ2n) is 9.19. The Hall–Kier alpha value is -2.59. The molecule has 38 heavy (non-hydrogen) atoms. The zero-order valence-corrected chi connectivity index (χ0v) is 22.8. The van der Waals surface area contributed by atoms with Crippen LogP contribution >= 0.6 is 23.4 Å². The second-order valence-corrected chi connectivity index (χ2v) is 10.7. The molecule has 7 nitrogen and oxygen atoms in total. The number of halogens is 1. The summed E-state index contributed by atoms with van der Waals surface area (Å²) in [6, 6.07) is 20.5. The lowest BCUT2D eigenvalue weighted by molar-refractivity contribution is -0.218. The molecular formula is C29H32ClNO6S. The number of aliphatic hydroxyl groups excluding tert-OH is 3. The fourth-order valence-corrected chi connectivity index (χ4v) is 5.52. The van der Waals surface area contributed by atoms with Crippen molar-refractivity contribution >= 4 is 35.0 Å². The number of aliphatic hydroxyl groups is 3. The van der Waals surface area contributed by atoms with Crippen LogP contribution in [0, 0.1) is 0 Å². The minimum Gasteiger partial charge on any atom is -0.494 e. The molecule has 3 aromatic rings. The SMILES string of the molecule is CCOc1ccc(Cc2cc([C@@H]3O[C@H](CSc4ccc(NC(C)=O)cc4)[C@@H](O)[C@H](O)[C@H]3O)ccc2Cl)cc1. The molecule has 1 saturated heterocycles. The Morgan fingerprint density at radius 3 is 2.37 bits per heavy atom. The highest BCUT2D eigenvalue weighted by Crippen LogP contribution is 2.36. The van der Waals surface area contributed by atoms with Gasteiger partial charge in [0, 0.05) is 28.3 Å². The second kappa shape index (κ2) is 13.0. The summed E-state index contributed by atoms with van der Waals surface area (Å²) < 4.78 is 11.7. The van der Waals surface area contributed by atoms with E-state index in [1.54, 1.807) is 24.3 Å². The Bertz CT molecular complexity index is 1220. The molecule has 0 unspecified atom stereocenters. The van der Waals surface area contributed by atoms with Crippen LogP contribution in [0.1, 0.15) is 36.6 Å². The minimum atomic E-state index is -1.37. The number of nitrogens with one attached hydrogen (secondary N) is 1. The van der Waals surface area contributed by atoms with E-state index in [0.29, 0.717) is 35.1 Å². The summed E-state index contributed by atoms with van der Waals surface area (Å²) in [5.74, 6) is 1.01. The maximum atomic E-state index is 11.2. The quantitative estimate of drug-likeness (QED) is 0.285. The van der Waals surface area contributed by atoms with Crippen molar-refractivity contribution in [2.45, 2.75) is 55.7 Å². The minimum absolute atomic E-state index is 0.146. The maximum Gasteiger partial charge on any atom is 0.221 e. The molecule has 1 fully saturated rings. The summed E-state index contributed by atoms with van der Waals surface area (Å²) in [7, 11) is 0. The predicted octanol–water partition coefficient (Wildman–Crippen LogP) is 4.60. The molecule has 0 saturated carbocycles. The summed E-state index contributed by atoms with van der Waals surface area (Å²) in [5.41, 5.74) is 3.27. The van der Waals surface area contributed by atoms with Crippen molar-refractivity contribution < 1.29 is 29.6 Å². The molecule has 1 aliphatic rings. The van der Waals surface area contributed by atoms with Gasteiger partial charge in [0.15, 0.2) is 0 Å². The Balaban J connectivity index is 1.46. The summed E-state index contributed by atoms with van der Waals surface area (Å²) in [6.45, 7) is 3.99. The molecule has 1 aliphatic heterocycles.